The van der Waals surface area contributed by atoms with Gasteiger partial charge in [0.1, 0.15) is 17.2 Å². The second-order valence-corrected chi connectivity index (χ2v) is 5.59. The standard InChI is InChI=1S/C15H10F4O2S/c16-14(17)13(15(18)19)20-8-5-6-12-10(7-8)21-9-3-1-2-4-11(9)22-12/h1-7,13-15H. The number of fused-ring (bicyclic) bond motifs is 2. The van der Waals surface area contributed by atoms with Gasteiger partial charge >= 0.3 is 0 Å². The van der Waals surface area contributed by atoms with Crippen LogP contribution in [0, 0.1) is 0 Å². The number of rotatable bonds is 4. The van der Waals surface area contributed by atoms with Crippen molar-refractivity contribution in [3.63, 3.8) is 0 Å². The minimum atomic E-state index is -3.27. The van der Waals surface area contributed by atoms with Gasteiger partial charge in [-0.25, -0.2) is 17.6 Å². The molecule has 7 heteroatoms. The van der Waals surface area contributed by atoms with E-state index < -0.39 is 19.0 Å². The topological polar surface area (TPSA) is 18.5 Å². The Hall–Kier alpha value is -1.89. The van der Waals surface area contributed by atoms with Gasteiger partial charge in [0.2, 0.25) is 6.10 Å². The third-order valence-electron chi connectivity index (χ3n) is 2.97. The second-order valence-electron chi connectivity index (χ2n) is 4.51. The lowest BCUT2D eigenvalue weighted by Gasteiger charge is -2.21. The molecule has 0 atom stereocenters. The molecule has 0 bridgehead atoms. The molecule has 1 aliphatic rings. The van der Waals surface area contributed by atoms with E-state index in [4.69, 9.17) is 9.47 Å². The number of benzene rings is 2. The van der Waals surface area contributed by atoms with Crippen molar-refractivity contribution in [1.82, 2.24) is 0 Å². The van der Waals surface area contributed by atoms with Crippen LogP contribution in [0.1, 0.15) is 0 Å². The van der Waals surface area contributed by atoms with Crippen molar-refractivity contribution in [2.24, 2.45) is 0 Å². The van der Waals surface area contributed by atoms with Crippen molar-refractivity contribution in [2.75, 3.05) is 0 Å². The molecule has 116 valence electrons. The van der Waals surface area contributed by atoms with Gasteiger partial charge in [-0.15, -0.1) is 0 Å². The highest BCUT2D eigenvalue weighted by atomic mass is 32.2. The first-order chi connectivity index (χ1) is 10.5. The molecular weight excluding hydrogens is 320 g/mol. The number of ether oxygens (including phenoxy) is 2. The molecule has 2 aromatic carbocycles. The number of halogens is 4. The summed E-state index contributed by atoms with van der Waals surface area (Å²) in [4.78, 5) is 1.68. The van der Waals surface area contributed by atoms with Crippen LogP contribution in [0.25, 0.3) is 0 Å². The lowest BCUT2D eigenvalue weighted by molar-refractivity contribution is -0.0764. The summed E-state index contributed by atoms with van der Waals surface area (Å²) in [5, 5.41) is 0. The Morgan fingerprint density at radius 3 is 2.27 bits per heavy atom. The van der Waals surface area contributed by atoms with E-state index in [1.807, 2.05) is 12.1 Å². The fraction of sp³-hybridized carbons (Fsp3) is 0.200. The van der Waals surface area contributed by atoms with E-state index in [0.29, 0.717) is 11.5 Å². The van der Waals surface area contributed by atoms with Crippen molar-refractivity contribution in [3.05, 3.63) is 42.5 Å². The van der Waals surface area contributed by atoms with Crippen LogP contribution in [0.15, 0.2) is 52.3 Å². The number of alkyl halides is 4. The summed E-state index contributed by atoms with van der Waals surface area (Å²) in [5.41, 5.74) is 0. The van der Waals surface area contributed by atoms with Gasteiger partial charge < -0.3 is 9.47 Å². The zero-order chi connectivity index (χ0) is 15.7. The average molecular weight is 330 g/mol. The highest BCUT2D eigenvalue weighted by molar-refractivity contribution is 7.99. The SMILES string of the molecule is FC(F)C(Oc1ccc2c(c1)Oc1ccccc1S2)C(F)F. The monoisotopic (exact) mass is 330 g/mol. The van der Waals surface area contributed by atoms with E-state index in [2.05, 4.69) is 0 Å². The van der Waals surface area contributed by atoms with Crippen LogP contribution in [0.3, 0.4) is 0 Å². The van der Waals surface area contributed by atoms with E-state index in [9.17, 15) is 17.6 Å². The van der Waals surface area contributed by atoms with Crippen molar-refractivity contribution in [2.45, 2.75) is 28.7 Å². The molecule has 0 saturated heterocycles. The Kier molecular flexibility index (Phi) is 4.15. The Morgan fingerprint density at radius 2 is 1.55 bits per heavy atom. The van der Waals surface area contributed by atoms with E-state index in [1.54, 1.807) is 18.2 Å². The van der Waals surface area contributed by atoms with Crippen molar-refractivity contribution >= 4 is 11.8 Å². The largest absolute Gasteiger partial charge is 0.478 e. The quantitative estimate of drug-likeness (QED) is 0.611. The van der Waals surface area contributed by atoms with Crippen LogP contribution in [0.4, 0.5) is 17.6 Å². The summed E-state index contributed by atoms with van der Waals surface area (Å²) in [6.45, 7) is 0. The smallest absolute Gasteiger partial charge is 0.280 e. The van der Waals surface area contributed by atoms with E-state index in [1.165, 1.54) is 23.9 Å². The molecule has 2 nitrogen and oxygen atoms in total. The average Bonchev–Trinajstić information content (AvgIpc) is 2.49. The summed E-state index contributed by atoms with van der Waals surface area (Å²) in [6.07, 6.45) is -9.00. The van der Waals surface area contributed by atoms with Crippen LogP contribution in [-0.4, -0.2) is 19.0 Å². The Labute approximate surface area is 128 Å². The third-order valence-corrected chi connectivity index (χ3v) is 4.09. The Bertz CT molecular complexity index is 670. The van der Waals surface area contributed by atoms with Gasteiger partial charge in [0, 0.05) is 6.07 Å². The fourth-order valence-electron chi connectivity index (χ4n) is 1.95. The fourth-order valence-corrected chi connectivity index (χ4v) is 2.88. The Balaban J connectivity index is 1.84. The maximum Gasteiger partial charge on any atom is 0.280 e. The molecule has 1 aliphatic heterocycles. The van der Waals surface area contributed by atoms with E-state index in [-0.39, 0.29) is 5.75 Å². The highest BCUT2D eigenvalue weighted by Gasteiger charge is 2.32. The number of hydrogen-bond acceptors (Lipinski definition) is 3. The highest BCUT2D eigenvalue weighted by Crippen LogP contribution is 2.47. The normalized spacial score (nSPS) is 13.0. The molecule has 0 aliphatic carbocycles. The molecule has 0 N–H and O–H groups in total. The minimum absolute atomic E-state index is 0.0793. The predicted octanol–water partition coefficient (Wildman–Crippen LogP) is 5.22. The predicted molar refractivity (Wildman–Crippen MR) is 73.5 cm³/mol. The zero-order valence-corrected chi connectivity index (χ0v) is 11.8. The molecule has 0 unspecified atom stereocenters. The van der Waals surface area contributed by atoms with Crippen LogP contribution >= 0.6 is 11.8 Å². The van der Waals surface area contributed by atoms with Gasteiger partial charge in [0.25, 0.3) is 12.9 Å². The first-order valence-corrected chi connectivity index (χ1v) is 7.18. The molecule has 0 amide bonds. The van der Waals surface area contributed by atoms with Gasteiger partial charge in [-0.2, -0.15) is 0 Å². The molecule has 0 aromatic heterocycles. The van der Waals surface area contributed by atoms with Gasteiger partial charge in [0.15, 0.2) is 0 Å². The van der Waals surface area contributed by atoms with Crippen molar-refractivity contribution in [3.8, 4) is 17.2 Å². The number of hydrogen-bond donors (Lipinski definition) is 0. The third kappa shape index (κ3) is 2.99. The molecule has 0 radical (unpaired) electrons. The molecule has 3 rings (SSSR count). The summed E-state index contributed by atoms with van der Waals surface area (Å²) < 4.78 is 60.5. The van der Waals surface area contributed by atoms with Crippen LogP contribution in [-0.2, 0) is 0 Å². The van der Waals surface area contributed by atoms with Gasteiger partial charge in [-0.3, -0.25) is 0 Å². The van der Waals surface area contributed by atoms with E-state index in [0.717, 1.165) is 9.79 Å². The van der Waals surface area contributed by atoms with Crippen molar-refractivity contribution < 1.29 is 27.0 Å². The first kappa shape index (κ1) is 15.0. The molecule has 2 aromatic rings. The molecule has 1 heterocycles. The molecule has 0 spiro atoms. The molecule has 0 fully saturated rings. The van der Waals surface area contributed by atoms with E-state index >= 15 is 0 Å². The lowest BCUT2D eigenvalue weighted by atomic mass is 10.3. The van der Waals surface area contributed by atoms with Crippen molar-refractivity contribution in [1.29, 1.82) is 0 Å². The van der Waals surface area contributed by atoms with Gasteiger partial charge in [0.05, 0.1) is 9.79 Å². The lowest BCUT2D eigenvalue weighted by Crippen LogP contribution is -2.33. The molecular formula is C15H10F4O2S. The van der Waals surface area contributed by atoms with Crippen LogP contribution in [0.5, 0.6) is 17.2 Å². The van der Waals surface area contributed by atoms with Gasteiger partial charge in [-0.05, 0) is 24.3 Å². The Morgan fingerprint density at radius 1 is 0.864 bits per heavy atom. The summed E-state index contributed by atoms with van der Waals surface area (Å²) >= 11 is 1.45. The summed E-state index contributed by atoms with van der Waals surface area (Å²) in [7, 11) is 0. The summed E-state index contributed by atoms with van der Waals surface area (Å²) in [5.74, 6) is 0.934. The maximum absolute atomic E-state index is 12.5. The number of para-hydroxylation sites is 1. The second kappa shape index (κ2) is 6.08. The zero-order valence-electron chi connectivity index (χ0n) is 11.0. The van der Waals surface area contributed by atoms with Crippen LogP contribution < -0.4 is 9.47 Å². The van der Waals surface area contributed by atoms with Crippen LogP contribution in [0.2, 0.25) is 0 Å². The first-order valence-electron chi connectivity index (χ1n) is 6.36. The molecule has 0 saturated carbocycles. The summed E-state index contributed by atoms with van der Waals surface area (Å²) in [6, 6.07) is 11.6. The molecule has 22 heavy (non-hydrogen) atoms. The minimum Gasteiger partial charge on any atom is -0.478 e. The van der Waals surface area contributed by atoms with Gasteiger partial charge in [-0.1, -0.05) is 23.9 Å². The maximum atomic E-state index is 12.5.